The molecular weight excluding hydrogens is 212 g/mol. The summed E-state index contributed by atoms with van der Waals surface area (Å²) in [6, 6.07) is 0. The normalized spacial score (nSPS) is 13.4. The van der Waals surface area contributed by atoms with Crippen LogP contribution in [0, 0.1) is 0 Å². The zero-order valence-electron chi connectivity index (χ0n) is 8.08. The van der Waals surface area contributed by atoms with Crippen LogP contribution in [-0.2, 0) is 9.53 Å². The summed E-state index contributed by atoms with van der Waals surface area (Å²) >= 11 is 0. The van der Waals surface area contributed by atoms with Gasteiger partial charge in [-0.15, -0.1) is 0 Å². The third-order valence-corrected chi connectivity index (χ3v) is 1.92. The van der Waals surface area contributed by atoms with Gasteiger partial charge in [0.1, 0.15) is 11.5 Å². The fourth-order valence-electron chi connectivity index (χ4n) is 1.20. The molecule has 7 nitrogen and oxygen atoms in total. The van der Waals surface area contributed by atoms with Crippen LogP contribution in [0.4, 0.5) is 0 Å². The van der Waals surface area contributed by atoms with Gasteiger partial charge in [0.15, 0.2) is 0 Å². The van der Waals surface area contributed by atoms with Crippen molar-refractivity contribution in [2.45, 2.75) is 0 Å². The summed E-state index contributed by atoms with van der Waals surface area (Å²) in [6.45, 7) is 0. The zero-order chi connectivity index (χ0) is 11.7. The van der Waals surface area contributed by atoms with E-state index in [2.05, 4.69) is 4.98 Å². The Kier molecular flexibility index (Phi) is 2.20. The molecule has 2 heterocycles. The fourth-order valence-corrected chi connectivity index (χ4v) is 1.20. The number of aromatic nitrogens is 2. The average molecular weight is 220 g/mol. The maximum atomic E-state index is 10.9. The molecule has 2 rings (SSSR count). The monoisotopic (exact) mass is 220 g/mol. The predicted octanol–water partition coefficient (Wildman–Crippen LogP) is -0.733. The minimum atomic E-state index is -0.716. The standard InChI is InChI=1S/C9H8N4O3/c10-8(14)5-3-13-4-6(9(11)15)16-2-1-7(13)12-5/h1-4H,(H2,10,14)(H2,11,15). The van der Waals surface area contributed by atoms with Crippen molar-refractivity contribution in [3.05, 3.63) is 29.7 Å². The average Bonchev–Trinajstić information content (AvgIpc) is 2.50. The van der Waals surface area contributed by atoms with Crippen molar-refractivity contribution >= 4 is 24.1 Å². The smallest absolute Gasteiger partial charge is 0.285 e. The number of hydrogen-bond acceptors (Lipinski definition) is 4. The second-order valence-corrected chi connectivity index (χ2v) is 3.03. The molecular formula is C9H8N4O3. The van der Waals surface area contributed by atoms with E-state index in [-0.39, 0.29) is 11.5 Å². The highest BCUT2D eigenvalue weighted by Gasteiger charge is 2.14. The molecule has 7 heteroatoms. The Balaban J connectivity index is 2.50. The van der Waals surface area contributed by atoms with Crippen LogP contribution in [0.2, 0.25) is 0 Å². The summed E-state index contributed by atoms with van der Waals surface area (Å²) < 4.78 is 6.37. The van der Waals surface area contributed by atoms with E-state index < -0.39 is 11.8 Å². The number of primary amides is 2. The van der Waals surface area contributed by atoms with E-state index in [9.17, 15) is 9.59 Å². The first-order chi connectivity index (χ1) is 7.58. The number of hydrogen-bond donors (Lipinski definition) is 2. The summed E-state index contributed by atoms with van der Waals surface area (Å²) in [5.74, 6) is -0.996. The lowest BCUT2D eigenvalue weighted by Gasteiger charge is -1.99. The molecule has 1 aromatic heterocycles. The number of ether oxygens (including phenoxy) is 1. The first-order valence-corrected chi connectivity index (χ1v) is 4.31. The largest absolute Gasteiger partial charge is 0.457 e. The Bertz CT molecular complexity index is 527. The summed E-state index contributed by atoms with van der Waals surface area (Å²) in [6.07, 6.45) is 5.46. The molecule has 0 fully saturated rings. The number of carbonyl (C=O) groups is 2. The number of fused-ring (bicyclic) bond motifs is 1. The van der Waals surface area contributed by atoms with E-state index in [0.717, 1.165) is 0 Å². The van der Waals surface area contributed by atoms with Gasteiger partial charge in [0.05, 0.1) is 12.5 Å². The Morgan fingerprint density at radius 2 is 2.06 bits per heavy atom. The van der Waals surface area contributed by atoms with Crippen molar-refractivity contribution in [1.29, 1.82) is 0 Å². The highest BCUT2D eigenvalue weighted by Crippen LogP contribution is 2.13. The van der Waals surface area contributed by atoms with Crippen LogP contribution in [0.3, 0.4) is 0 Å². The van der Waals surface area contributed by atoms with E-state index >= 15 is 0 Å². The minimum absolute atomic E-state index is 0.0524. The van der Waals surface area contributed by atoms with E-state index in [0.29, 0.717) is 5.82 Å². The SMILES string of the molecule is NC(=O)C1=Cn2cc(C(N)=O)nc2C=CO1. The number of rotatable bonds is 2. The minimum Gasteiger partial charge on any atom is -0.457 e. The molecule has 0 unspecified atom stereocenters. The maximum Gasteiger partial charge on any atom is 0.285 e. The van der Waals surface area contributed by atoms with Crippen molar-refractivity contribution in [3.63, 3.8) is 0 Å². The van der Waals surface area contributed by atoms with E-state index in [4.69, 9.17) is 16.2 Å². The molecule has 0 atom stereocenters. The highest BCUT2D eigenvalue weighted by atomic mass is 16.5. The summed E-state index contributed by atoms with van der Waals surface area (Å²) in [7, 11) is 0. The summed E-state index contributed by atoms with van der Waals surface area (Å²) in [5.41, 5.74) is 10.2. The van der Waals surface area contributed by atoms with Gasteiger partial charge in [-0.3, -0.25) is 9.59 Å². The second-order valence-electron chi connectivity index (χ2n) is 3.03. The van der Waals surface area contributed by atoms with E-state index in [1.165, 1.54) is 29.3 Å². The van der Waals surface area contributed by atoms with Crippen LogP contribution in [0.25, 0.3) is 12.3 Å². The first-order valence-electron chi connectivity index (χ1n) is 4.31. The number of nitrogens with two attached hydrogens (primary N) is 2. The van der Waals surface area contributed by atoms with Gasteiger partial charge in [-0.25, -0.2) is 4.98 Å². The Morgan fingerprint density at radius 1 is 1.31 bits per heavy atom. The van der Waals surface area contributed by atoms with Gasteiger partial charge in [-0.05, 0) is 0 Å². The Morgan fingerprint density at radius 3 is 2.69 bits per heavy atom. The van der Waals surface area contributed by atoms with Crippen molar-refractivity contribution in [2.24, 2.45) is 11.5 Å². The molecule has 0 spiro atoms. The van der Waals surface area contributed by atoms with Crippen LogP contribution in [0.1, 0.15) is 16.3 Å². The molecule has 2 amide bonds. The molecule has 16 heavy (non-hydrogen) atoms. The topological polar surface area (TPSA) is 113 Å². The molecule has 1 aliphatic heterocycles. The summed E-state index contributed by atoms with van der Waals surface area (Å²) in [5, 5.41) is 0. The molecule has 0 bridgehead atoms. The number of carbonyl (C=O) groups excluding carboxylic acids is 2. The quantitative estimate of drug-likeness (QED) is 0.683. The number of imidazole rings is 1. The molecule has 82 valence electrons. The molecule has 4 N–H and O–H groups in total. The van der Waals surface area contributed by atoms with Gasteiger partial charge in [0, 0.05) is 12.3 Å². The highest BCUT2D eigenvalue weighted by molar-refractivity contribution is 5.94. The van der Waals surface area contributed by atoms with Gasteiger partial charge in [0.2, 0.25) is 5.76 Å². The van der Waals surface area contributed by atoms with Gasteiger partial charge in [-0.2, -0.15) is 0 Å². The summed E-state index contributed by atoms with van der Waals surface area (Å²) in [4.78, 5) is 25.8. The first kappa shape index (κ1) is 9.97. The molecule has 1 aliphatic rings. The van der Waals surface area contributed by atoms with Gasteiger partial charge < -0.3 is 20.8 Å². The molecule has 0 saturated carbocycles. The third kappa shape index (κ3) is 1.65. The molecule has 0 radical (unpaired) electrons. The second kappa shape index (κ2) is 3.54. The van der Waals surface area contributed by atoms with Crippen molar-refractivity contribution in [2.75, 3.05) is 0 Å². The van der Waals surface area contributed by atoms with Crippen LogP contribution in [0.15, 0.2) is 18.2 Å². The van der Waals surface area contributed by atoms with Crippen LogP contribution < -0.4 is 11.5 Å². The van der Waals surface area contributed by atoms with Gasteiger partial charge in [0.25, 0.3) is 11.8 Å². The molecule has 0 saturated heterocycles. The number of amides is 2. The van der Waals surface area contributed by atoms with E-state index in [1.54, 1.807) is 0 Å². The fraction of sp³-hybridized carbons (Fsp3) is 0. The van der Waals surface area contributed by atoms with Crippen LogP contribution in [0.5, 0.6) is 0 Å². The van der Waals surface area contributed by atoms with Crippen molar-refractivity contribution in [3.8, 4) is 0 Å². The van der Waals surface area contributed by atoms with Crippen molar-refractivity contribution < 1.29 is 14.3 Å². The van der Waals surface area contributed by atoms with Gasteiger partial charge in [-0.1, -0.05) is 0 Å². The third-order valence-electron chi connectivity index (χ3n) is 1.92. The lowest BCUT2D eigenvalue weighted by atomic mass is 10.4. The number of nitrogens with zero attached hydrogens (tertiary/aromatic N) is 2. The van der Waals surface area contributed by atoms with E-state index in [1.807, 2.05) is 0 Å². The Hall–Kier alpha value is -2.57. The predicted molar refractivity (Wildman–Crippen MR) is 54.3 cm³/mol. The van der Waals surface area contributed by atoms with Crippen LogP contribution >= 0.6 is 0 Å². The Labute approximate surface area is 90.0 Å². The molecule has 1 aromatic rings. The van der Waals surface area contributed by atoms with Crippen LogP contribution in [-0.4, -0.2) is 21.4 Å². The van der Waals surface area contributed by atoms with Gasteiger partial charge >= 0.3 is 0 Å². The maximum absolute atomic E-state index is 10.9. The van der Waals surface area contributed by atoms with Crippen molar-refractivity contribution in [1.82, 2.24) is 9.55 Å². The molecule has 0 aliphatic carbocycles. The lowest BCUT2D eigenvalue weighted by Crippen LogP contribution is -2.15. The molecule has 0 aromatic carbocycles. The lowest BCUT2D eigenvalue weighted by molar-refractivity contribution is -0.116. The zero-order valence-corrected chi connectivity index (χ0v) is 8.08.